The molecule has 0 heterocycles. The van der Waals surface area contributed by atoms with E-state index >= 15 is 0 Å². The van der Waals surface area contributed by atoms with Gasteiger partial charge in [0.25, 0.3) is 0 Å². The summed E-state index contributed by atoms with van der Waals surface area (Å²) in [6, 6.07) is 12.3. The lowest BCUT2D eigenvalue weighted by molar-refractivity contribution is -0.0499. The molecule has 0 spiro atoms. The molecule has 0 unspecified atom stereocenters. The van der Waals surface area contributed by atoms with Crippen LogP contribution in [0.2, 0.25) is 0 Å². The molecule has 0 aromatic heterocycles. The number of rotatable bonds is 4. The van der Waals surface area contributed by atoms with Gasteiger partial charge in [0.15, 0.2) is 0 Å². The molecule has 0 N–H and O–H groups in total. The number of hydrogen-bond acceptors (Lipinski definition) is 2. The fourth-order valence-corrected chi connectivity index (χ4v) is 2.18. The molecule has 100 valence electrons. The van der Waals surface area contributed by atoms with Crippen LogP contribution in [-0.2, 0) is 0 Å². The van der Waals surface area contributed by atoms with Crippen LogP contribution >= 0.6 is 15.9 Å². The second-order valence-electron chi connectivity index (χ2n) is 3.72. The summed E-state index contributed by atoms with van der Waals surface area (Å²) in [5.41, 5.74) is 1.37. The highest BCUT2D eigenvalue weighted by Crippen LogP contribution is 2.37. The number of alkyl halides is 2. The molecule has 2 rings (SSSR count). The average molecular weight is 329 g/mol. The van der Waals surface area contributed by atoms with Crippen molar-refractivity contribution in [1.29, 1.82) is 0 Å². The van der Waals surface area contributed by atoms with Gasteiger partial charge in [0.2, 0.25) is 0 Å². The first-order chi connectivity index (χ1) is 9.11. The summed E-state index contributed by atoms with van der Waals surface area (Å²) in [6.45, 7) is -2.87. The fraction of sp³-hybridized carbons (Fsp3) is 0.143. The molecule has 0 aliphatic heterocycles. The van der Waals surface area contributed by atoms with Crippen LogP contribution in [0.15, 0.2) is 46.9 Å². The molecule has 2 nitrogen and oxygen atoms in total. The van der Waals surface area contributed by atoms with Crippen LogP contribution < -0.4 is 9.47 Å². The average Bonchev–Trinajstić information content (AvgIpc) is 2.41. The maximum absolute atomic E-state index is 12.5. The minimum absolute atomic E-state index is 0.127. The minimum atomic E-state index is -2.87. The van der Waals surface area contributed by atoms with E-state index in [1.54, 1.807) is 49.6 Å². The van der Waals surface area contributed by atoms with Crippen molar-refractivity contribution in [2.75, 3.05) is 7.11 Å². The lowest BCUT2D eigenvalue weighted by atomic mass is 10.0. The summed E-state index contributed by atoms with van der Waals surface area (Å²) in [6.07, 6.45) is 0. The number of ether oxygens (including phenoxy) is 2. The van der Waals surface area contributed by atoms with Gasteiger partial charge in [-0.25, -0.2) is 0 Å². The van der Waals surface area contributed by atoms with E-state index in [4.69, 9.17) is 4.74 Å². The largest absolute Gasteiger partial charge is 0.497 e. The van der Waals surface area contributed by atoms with Crippen LogP contribution in [-0.4, -0.2) is 13.7 Å². The Labute approximate surface area is 118 Å². The molecule has 0 amide bonds. The quantitative estimate of drug-likeness (QED) is 0.808. The molecule has 5 heteroatoms. The topological polar surface area (TPSA) is 18.5 Å². The third kappa shape index (κ3) is 3.23. The van der Waals surface area contributed by atoms with E-state index in [2.05, 4.69) is 20.7 Å². The Bertz CT molecular complexity index is 556. The summed E-state index contributed by atoms with van der Waals surface area (Å²) >= 11 is 3.22. The van der Waals surface area contributed by atoms with Gasteiger partial charge in [0, 0.05) is 5.56 Å². The maximum atomic E-state index is 12.5. The third-order valence-corrected chi connectivity index (χ3v) is 3.20. The molecular formula is C14H11BrF2O2. The van der Waals surface area contributed by atoms with Crippen molar-refractivity contribution in [2.24, 2.45) is 0 Å². The number of benzene rings is 2. The first-order valence-corrected chi connectivity index (χ1v) is 6.29. The zero-order chi connectivity index (χ0) is 13.8. The highest BCUT2D eigenvalue weighted by Gasteiger charge is 2.14. The molecule has 19 heavy (non-hydrogen) atoms. The normalized spacial score (nSPS) is 10.6. The Kier molecular flexibility index (Phi) is 4.37. The second kappa shape index (κ2) is 6.02. The van der Waals surface area contributed by atoms with Crippen LogP contribution in [0.3, 0.4) is 0 Å². The Morgan fingerprint density at radius 3 is 2.32 bits per heavy atom. The van der Waals surface area contributed by atoms with E-state index < -0.39 is 6.61 Å². The standard InChI is InChI=1S/C14H11BrF2O2/c1-18-10-7-5-9(6-8-10)11-3-2-4-12(15)13(11)19-14(16)17/h2-8,14H,1H3. The number of methoxy groups -OCH3 is 1. The van der Waals surface area contributed by atoms with Crippen molar-refractivity contribution in [2.45, 2.75) is 6.61 Å². The summed E-state index contributed by atoms with van der Waals surface area (Å²) in [5, 5.41) is 0. The molecule has 0 aliphatic rings. The van der Waals surface area contributed by atoms with Gasteiger partial charge in [-0.15, -0.1) is 0 Å². The van der Waals surface area contributed by atoms with Gasteiger partial charge in [0.1, 0.15) is 11.5 Å². The van der Waals surface area contributed by atoms with Gasteiger partial charge in [-0.2, -0.15) is 8.78 Å². The molecular weight excluding hydrogens is 318 g/mol. The van der Waals surface area contributed by atoms with Crippen molar-refractivity contribution in [1.82, 2.24) is 0 Å². The van der Waals surface area contributed by atoms with Gasteiger partial charge >= 0.3 is 6.61 Å². The van der Waals surface area contributed by atoms with Crippen LogP contribution in [0, 0.1) is 0 Å². The van der Waals surface area contributed by atoms with E-state index in [0.29, 0.717) is 15.8 Å². The molecule has 0 aliphatic carbocycles. The first kappa shape index (κ1) is 13.8. The van der Waals surface area contributed by atoms with Crippen molar-refractivity contribution in [3.05, 3.63) is 46.9 Å². The molecule has 0 radical (unpaired) electrons. The first-order valence-electron chi connectivity index (χ1n) is 5.49. The third-order valence-electron chi connectivity index (χ3n) is 2.57. The Morgan fingerprint density at radius 1 is 1.05 bits per heavy atom. The van der Waals surface area contributed by atoms with Crippen molar-refractivity contribution >= 4 is 15.9 Å². The highest BCUT2D eigenvalue weighted by molar-refractivity contribution is 9.10. The van der Waals surface area contributed by atoms with Crippen molar-refractivity contribution < 1.29 is 18.3 Å². The molecule has 0 bridgehead atoms. The molecule has 0 atom stereocenters. The smallest absolute Gasteiger partial charge is 0.387 e. The fourth-order valence-electron chi connectivity index (χ4n) is 1.72. The Hall–Kier alpha value is -1.62. The predicted octanol–water partition coefficient (Wildman–Crippen LogP) is 4.73. The van der Waals surface area contributed by atoms with Crippen LogP contribution in [0.1, 0.15) is 0 Å². The lowest BCUT2D eigenvalue weighted by Gasteiger charge is -2.13. The van der Waals surface area contributed by atoms with E-state index in [1.807, 2.05) is 0 Å². The molecule has 0 saturated carbocycles. The van der Waals surface area contributed by atoms with Crippen LogP contribution in [0.25, 0.3) is 11.1 Å². The number of para-hydroxylation sites is 1. The summed E-state index contributed by atoms with van der Waals surface area (Å²) in [7, 11) is 1.57. The van der Waals surface area contributed by atoms with Crippen molar-refractivity contribution in [3.63, 3.8) is 0 Å². The predicted molar refractivity (Wildman–Crippen MR) is 72.8 cm³/mol. The van der Waals surface area contributed by atoms with E-state index in [9.17, 15) is 8.78 Å². The maximum Gasteiger partial charge on any atom is 0.387 e. The second-order valence-corrected chi connectivity index (χ2v) is 4.58. The number of hydrogen-bond donors (Lipinski definition) is 0. The van der Waals surface area contributed by atoms with Gasteiger partial charge in [0.05, 0.1) is 11.6 Å². The SMILES string of the molecule is COc1ccc(-c2cccc(Br)c2OC(F)F)cc1. The summed E-state index contributed by atoms with van der Waals surface area (Å²) in [5.74, 6) is 0.831. The van der Waals surface area contributed by atoms with Crippen molar-refractivity contribution in [3.8, 4) is 22.6 Å². The summed E-state index contributed by atoms with van der Waals surface area (Å²) < 4.78 is 35.0. The Morgan fingerprint density at radius 2 is 1.74 bits per heavy atom. The lowest BCUT2D eigenvalue weighted by Crippen LogP contribution is -2.03. The van der Waals surface area contributed by atoms with E-state index in [-0.39, 0.29) is 5.75 Å². The molecule has 0 saturated heterocycles. The molecule has 2 aromatic rings. The molecule has 0 fully saturated rings. The van der Waals surface area contributed by atoms with Gasteiger partial charge in [-0.1, -0.05) is 24.3 Å². The number of halogens is 3. The monoisotopic (exact) mass is 328 g/mol. The highest BCUT2D eigenvalue weighted by atomic mass is 79.9. The van der Waals surface area contributed by atoms with E-state index in [1.165, 1.54) is 0 Å². The van der Waals surface area contributed by atoms with Gasteiger partial charge < -0.3 is 9.47 Å². The molecule has 2 aromatic carbocycles. The van der Waals surface area contributed by atoms with Crippen LogP contribution in [0.4, 0.5) is 8.78 Å². The van der Waals surface area contributed by atoms with Gasteiger partial charge in [-0.05, 0) is 39.7 Å². The zero-order valence-electron chi connectivity index (χ0n) is 10.1. The minimum Gasteiger partial charge on any atom is -0.497 e. The zero-order valence-corrected chi connectivity index (χ0v) is 11.7. The Balaban J connectivity index is 2.45. The van der Waals surface area contributed by atoms with E-state index in [0.717, 1.165) is 5.56 Å². The van der Waals surface area contributed by atoms with Gasteiger partial charge in [-0.3, -0.25) is 0 Å². The summed E-state index contributed by atoms with van der Waals surface area (Å²) in [4.78, 5) is 0. The van der Waals surface area contributed by atoms with Crippen LogP contribution in [0.5, 0.6) is 11.5 Å².